The summed E-state index contributed by atoms with van der Waals surface area (Å²) in [4.78, 5) is 16.8. The molecule has 2 aromatic rings. The van der Waals surface area contributed by atoms with Gasteiger partial charge in [0.05, 0.1) is 17.1 Å². The largest absolute Gasteiger partial charge is 0.347 e. The molecule has 0 saturated carbocycles. The van der Waals surface area contributed by atoms with Crippen LogP contribution in [-0.4, -0.2) is 10.9 Å². The van der Waals surface area contributed by atoms with E-state index in [9.17, 15) is 4.79 Å². The lowest BCUT2D eigenvalue weighted by Gasteiger charge is -2.04. The molecule has 1 N–H and O–H groups in total. The van der Waals surface area contributed by atoms with E-state index in [1.807, 2.05) is 6.07 Å². The van der Waals surface area contributed by atoms with Crippen molar-refractivity contribution in [3.63, 3.8) is 0 Å². The summed E-state index contributed by atoms with van der Waals surface area (Å²) in [7, 11) is 0. The van der Waals surface area contributed by atoms with Gasteiger partial charge in [-0.25, -0.2) is 0 Å². The molecule has 1 amide bonds. The van der Waals surface area contributed by atoms with Crippen molar-refractivity contribution < 1.29 is 4.79 Å². The molecule has 0 unspecified atom stereocenters. The molecule has 0 bridgehead atoms. The number of nitrogens with one attached hydrogen (secondary N) is 1. The van der Waals surface area contributed by atoms with Gasteiger partial charge in [-0.3, -0.25) is 9.78 Å². The molecule has 0 spiro atoms. The van der Waals surface area contributed by atoms with Gasteiger partial charge < -0.3 is 5.32 Å². The first kappa shape index (κ1) is 12.8. The number of amides is 1. The zero-order valence-electron chi connectivity index (χ0n) is 8.61. The predicted octanol–water partition coefficient (Wildman–Crippen LogP) is 3.33. The fraction of sp³-hybridized carbons (Fsp3) is 0.0909. The number of aromatic nitrogens is 1. The van der Waals surface area contributed by atoms with Gasteiger partial charge in [-0.15, -0.1) is 11.3 Å². The molecule has 2 rings (SSSR count). The number of thiazole rings is 1. The van der Waals surface area contributed by atoms with Crippen LogP contribution in [0.3, 0.4) is 0 Å². The standard InChI is InChI=1S/C11H8ClIN2OS/c12-9-3-7(1-2-10(9)13)11(16)15-5-8-4-14-6-17-8/h1-4,6H,5H2,(H,15,16). The second-order valence-electron chi connectivity index (χ2n) is 3.28. The molecule has 0 atom stereocenters. The van der Waals surface area contributed by atoms with Gasteiger partial charge in [0.25, 0.3) is 5.91 Å². The molecule has 88 valence electrons. The van der Waals surface area contributed by atoms with Crippen LogP contribution in [0.5, 0.6) is 0 Å². The van der Waals surface area contributed by atoms with E-state index in [4.69, 9.17) is 11.6 Å². The maximum atomic E-state index is 11.8. The minimum atomic E-state index is -0.128. The molecule has 0 aliphatic rings. The van der Waals surface area contributed by atoms with Gasteiger partial charge in [0.15, 0.2) is 0 Å². The number of benzene rings is 1. The van der Waals surface area contributed by atoms with Gasteiger partial charge in [-0.2, -0.15) is 0 Å². The molecule has 3 nitrogen and oxygen atoms in total. The Bertz CT molecular complexity index is 530. The van der Waals surface area contributed by atoms with Crippen LogP contribution in [0.1, 0.15) is 15.2 Å². The van der Waals surface area contributed by atoms with Crippen LogP contribution in [0.15, 0.2) is 29.9 Å². The molecule has 0 fully saturated rings. The van der Waals surface area contributed by atoms with Crippen molar-refractivity contribution in [3.8, 4) is 0 Å². The third-order valence-electron chi connectivity index (χ3n) is 2.09. The summed E-state index contributed by atoms with van der Waals surface area (Å²) in [6.07, 6.45) is 1.74. The number of rotatable bonds is 3. The van der Waals surface area contributed by atoms with Crippen molar-refractivity contribution in [2.75, 3.05) is 0 Å². The van der Waals surface area contributed by atoms with E-state index in [0.29, 0.717) is 17.1 Å². The van der Waals surface area contributed by atoms with Crippen LogP contribution in [0.25, 0.3) is 0 Å². The third kappa shape index (κ3) is 3.40. The highest BCUT2D eigenvalue weighted by Crippen LogP contribution is 2.19. The fourth-order valence-electron chi connectivity index (χ4n) is 1.24. The first-order valence-corrected chi connectivity index (χ1v) is 7.11. The fourth-order valence-corrected chi connectivity index (χ4v) is 2.29. The minimum Gasteiger partial charge on any atom is -0.347 e. The van der Waals surface area contributed by atoms with Crippen LogP contribution in [0.2, 0.25) is 5.02 Å². The van der Waals surface area contributed by atoms with Crippen LogP contribution < -0.4 is 5.32 Å². The number of carbonyl (C=O) groups excluding carboxylic acids is 1. The zero-order valence-corrected chi connectivity index (χ0v) is 12.3. The Morgan fingerprint density at radius 3 is 3.00 bits per heavy atom. The predicted molar refractivity (Wildman–Crippen MR) is 77.5 cm³/mol. The van der Waals surface area contributed by atoms with E-state index >= 15 is 0 Å². The van der Waals surface area contributed by atoms with Crippen molar-refractivity contribution in [2.24, 2.45) is 0 Å². The molecule has 1 heterocycles. The van der Waals surface area contributed by atoms with E-state index in [-0.39, 0.29) is 5.91 Å². The summed E-state index contributed by atoms with van der Waals surface area (Å²) in [5.41, 5.74) is 2.31. The highest BCUT2D eigenvalue weighted by Gasteiger charge is 2.07. The molecule has 17 heavy (non-hydrogen) atoms. The van der Waals surface area contributed by atoms with E-state index in [2.05, 4.69) is 32.9 Å². The average Bonchev–Trinajstić information content (AvgIpc) is 2.82. The number of nitrogens with zero attached hydrogens (tertiary/aromatic N) is 1. The van der Waals surface area contributed by atoms with Gasteiger partial charge in [0, 0.05) is 20.2 Å². The van der Waals surface area contributed by atoms with E-state index < -0.39 is 0 Å². The van der Waals surface area contributed by atoms with E-state index in [1.165, 1.54) is 11.3 Å². The number of hydrogen-bond acceptors (Lipinski definition) is 3. The van der Waals surface area contributed by atoms with Crippen LogP contribution in [-0.2, 0) is 6.54 Å². The summed E-state index contributed by atoms with van der Waals surface area (Å²) in [6.45, 7) is 0.493. The summed E-state index contributed by atoms with van der Waals surface area (Å²) in [6, 6.07) is 5.26. The Kier molecular flexibility index (Phi) is 4.36. The van der Waals surface area contributed by atoms with Crippen molar-refractivity contribution >= 4 is 51.4 Å². The Morgan fingerprint density at radius 1 is 1.53 bits per heavy atom. The minimum absolute atomic E-state index is 0.128. The van der Waals surface area contributed by atoms with Crippen molar-refractivity contribution in [2.45, 2.75) is 6.54 Å². The van der Waals surface area contributed by atoms with Crippen molar-refractivity contribution in [3.05, 3.63) is 48.9 Å². The van der Waals surface area contributed by atoms with Crippen LogP contribution in [0, 0.1) is 3.57 Å². The van der Waals surface area contributed by atoms with Crippen LogP contribution in [0.4, 0.5) is 0 Å². The smallest absolute Gasteiger partial charge is 0.251 e. The zero-order chi connectivity index (χ0) is 12.3. The highest BCUT2D eigenvalue weighted by molar-refractivity contribution is 14.1. The number of carbonyl (C=O) groups is 1. The second kappa shape index (κ2) is 5.79. The maximum Gasteiger partial charge on any atom is 0.251 e. The van der Waals surface area contributed by atoms with Crippen molar-refractivity contribution in [1.29, 1.82) is 0 Å². The lowest BCUT2D eigenvalue weighted by atomic mass is 10.2. The summed E-state index contributed by atoms with van der Waals surface area (Å²) < 4.78 is 0.934. The number of hydrogen-bond donors (Lipinski definition) is 1. The average molecular weight is 379 g/mol. The third-order valence-corrected chi connectivity index (χ3v) is 4.44. The maximum absolute atomic E-state index is 11.8. The molecule has 6 heteroatoms. The summed E-state index contributed by atoms with van der Waals surface area (Å²) in [5.74, 6) is -0.128. The highest BCUT2D eigenvalue weighted by atomic mass is 127. The monoisotopic (exact) mass is 378 g/mol. The van der Waals surface area contributed by atoms with Crippen molar-refractivity contribution in [1.82, 2.24) is 10.3 Å². The van der Waals surface area contributed by atoms with Crippen LogP contribution >= 0.6 is 45.5 Å². The molecular formula is C11H8ClIN2OS. The van der Waals surface area contributed by atoms with Gasteiger partial charge in [0.1, 0.15) is 0 Å². The molecular weight excluding hydrogens is 371 g/mol. The first-order chi connectivity index (χ1) is 8.16. The lowest BCUT2D eigenvalue weighted by Crippen LogP contribution is -2.22. The molecule has 0 saturated heterocycles. The Balaban J connectivity index is 2.02. The Hall–Kier alpha value is -0.660. The van der Waals surface area contributed by atoms with E-state index in [0.717, 1.165) is 8.45 Å². The topological polar surface area (TPSA) is 42.0 Å². The van der Waals surface area contributed by atoms with Gasteiger partial charge in [0.2, 0.25) is 0 Å². The second-order valence-corrected chi connectivity index (χ2v) is 5.82. The van der Waals surface area contributed by atoms with Gasteiger partial charge >= 0.3 is 0 Å². The Morgan fingerprint density at radius 2 is 2.35 bits per heavy atom. The molecule has 1 aromatic heterocycles. The lowest BCUT2D eigenvalue weighted by molar-refractivity contribution is 0.0951. The quantitative estimate of drug-likeness (QED) is 0.833. The molecule has 0 aliphatic carbocycles. The SMILES string of the molecule is O=C(NCc1cncs1)c1ccc(I)c(Cl)c1. The van der Waals surface area contributed by atoms with Gasteiger partial charge in [-0.1, -0.05) is 11.6 Å². The first-order valence-electron chi connectivity index (χ1n) is 4.77. The summed E-state index contributed by atoms with van der Waals surface area (Å²) in [5, 5.41) is 3.41. The van der Waals surface area contributed by atoms with Gasteiger partial charge in [-0.05, 0) is 40.8 Å². The molecule has 1 aromatic carbocycles. The normalized spacial score (nSPS) is 10.2. The van der Waals surface area contributed by atoms with E-state index in [1.54, 1.807) is 23.8 Å². The molecule has 0 radical (unpaired) electrons. The molecule has 0 aliphatic heterocycles. The Labute approximate surface area is 121 Å². The number of halogens is 2. The summed E-state index contributed by atoms with van der Waals surface area (Å²) >= 11 is 9.60.